The van der Waals surface area contributed by atoms with Gasteiger partial charge in [0, 0.05) is 5.54 Å². The third kappa shape index (κ3) is 2.10. The second-order valence-corrected chi connectivity index (χ2v) is 3.15. The van der Waals surface area contributed by atoms with E-state index in [1.54, 1.807) is 0 Å². The van der Waals surface area contributed by atoms with E-state index in [9.17, 15) is 4.79 Å². The van der Waals surface area contributed by atoms with E-state index >= 15 is 0 Å². The quantitative estimate of drug-likeness (QED) is 0.676. The molecule has 0 aromatic rings. The molecule has 1 aliphatic carbocycles. The Hall–Kier alpha value is -0.730. The highest BCUT2D eigenvalue weighted by molar-refractivity contribution is 5.68. The molecule has 0 heterocycles. The zero-order valence-corrected chi connectivity index (χ0v) is 7.14. The first-order chi connectivity index (χ1) is 5.22. The lowest BCUT2D eigenvalue weighted by molar-refractivity contribution is 0.164. The molecule has 1 aliphatic rings. The van der Waals surface area contributed by atoms with Crippen LogP contribution in [-0.2, 0) is 4.74 Å². The summed E-state index contributed by atoms with van der Waals surface area (Å²) in [4.78, 5) is 10.8. The SMILES string of the molecule is CCCC1(NC(=O)OC)CC1. The molecule has 0 radical (unpaired) electrons. The maximum absolute atomic E-state index is 10.8. The number of ether oxygens (including phenoxy) is 1. The Bertz CT molecular complexity index is 152. The predicted molar refractivity (Wildman–Crippen MR) is 42.4 cm³/mol. The summed E-state index contributed by atoms with van der Waals surface area (Å²) in [5.74, 6) is 0. The van der Waals surface area contributed by atoms with Crippen LogP contribution in [0.5, 0.6) is 0 Å². The molecule has 0 aromatic carbocycles. The van der Waals surface area contributed by atoms with Crippen LogP contribution in [0, 0.1) is 0 Å². The molecule has 64 valence electrons. The first-order valence-electron chi connectivity index (χ1n) is 4.08. The van der Waals surface area contributed by atoms with Gasteiger partial charge in [0.1, 0.15) is 0 Å². The first kappa shape index (κ1) is 8.37. The van der Waals surface area contributed by atoms with E-state index < -0.39 is 0 Å². The van der Waals surface area contributed by atoms with E-state index in [1.807, 2.05) is 0 Å². The number of alkyl carbamates (subject to hydrolysis) is 1. The highest BCUT2D eigenvalue weighted by Gasteiger charge is 2.43. The zero-order chi connectivity index (χ0) is 8.32. The Kier molecular flexibility index (Phi) is 2.37. The Morgan fingerprint density at radius 1 is 1.64 bits per heavy atom. The van der Waals surface area contributed by atoms with E-state index in [0.29, 0.717) is 0 Å². The van der Waals surface area contributed by atoms with Gasteiger partial charge >= 0.3 is 6.09 Å². The average molecular weight is 157 g/mol. The first-order valence-corrected chi connectivity index (χ1v) is 4.08. The molecule has 0 aromatic heterocycles. The second-order valence-electron chi connectivity index (χ2n) is 3.15. The molecule has 0 atom stereocenters. The average Bonchev–Trinajstić information content (AvgIpc) is 2.70. The summed E-state index contributed by atoms with van der Waals surface area (Å²) in [6.45, 7) is 2.12. The smallest absolute Gasteiger partial charge is 0.407 e. The molecule has 3 heteroatoms. The van der Waals surface area contributed by atoms with E-state index in [-0.39, 0.29) is 11.6 Å². The van der Waals surface area contributed by atoms with Crippen molar-refractivity contribution in [3.05, 3.63) is 0 Å². The van der Waals surface area contributed by atoms with Crippen molar-refractivity contribution < 1.29 is 9.53 Å². The third-order valence-corrected chi connectivity index (χ3v) is 2.13. The highest BCUT2D eigenvalue weighted by atomic mass is 16.5. The molecule has 0 unspecified atom stereocenters. The lowest BCUT2D eigenvalue weighted by atomic mass is 10.1. The van der Waals surface area contributed by atoms with Gasteiger partial charge in [0.2, 0.25) is 0 Å². The topological polar surface area (TPSA) is 38.3 Å². The normalized spacial score (nSPS) is 19.1. The Labute approximate surface area is 67.1 Å². The van der Waals surface area contributed by atoms with Crippen molar-refractivity contribution in [3.63, 3.8) is 0 Å². The van der Waals surface area contributed by atoms with Crippen LogP contribution in [0.3, 0.4) is 0 Å². The van der Waals surface area contributed by atoms with E-state index in [0.717, 1.165) is 25.7 Å². The molecule has 0 spiro atoms. The number of hydrogen-bond donors (Lipinski definition) is 1. The van der Waals surface area contributed by atoms with Gasteiger partial charge in [0.05, 0.1) is 7.11 Å². The van der Waals surface area contributed by atoms with Crippen molar-refractivity contribution in [2.75, 3.05) is 7.11 Å². The molecule has 0 saturated heterocycles. The minimum Gasteiger partial charge on any atom is -0.453 e. The summed E-state index contributed by atoms with van der Waals surface area (Å²) < 4.78 is 4.52. The molecule has 1 fully saturated rings. The summed E-state index contributed by atoms with van der Waals surface area (Å²) in [5, 5.41) is 2.86. The Morgan fingerprint density at radius 3 is 2.64 bits per heavy atom. The predicted octanol–water partition coefficient (Wildman–Crippen LogP) is 1.68. The second kappa shape index (κ2) is 3.11. The summed E-state index contributed by atoms with van der Waals surface area (Å²) in [7, 11) is 1.40. The fourth-order valence-corrected chi connectivity index (χ4v) is 1.33. The van der Waals surface area contributed by atoms with Crippen LogP contribution in [0.4, 0.5) is 4.79 Å². The van der Waals surface area contributed by atoms with Crippen molar-refractivity contribution in [2.24, 2.45) is 0 Å². The minimum absolute atomic E-state index is 0.0991. The molecule has 1 rings (SSSR count). The maximum Gasteiger partial charge on any atom is 0.407 e. The van der Waals surface area contributed by atoms with Gasteiger partial charge in [-0.05, 0) is 19.3 Å². The fourth-order valence-electron chi connectivity index (χ4n) is 1.33. The number of rotatable bonds is 3. The molecule has 0 aliphatic heterocycles. The van der Waals surface area contributed by atoms with Crippen LogP contribution in [-0.4, -0.2) is 18.7 Å². The van der Waals surface area contributed by atoms with Crippen LogP contribution < -0.4 is 5.32 Å². The van der Waals surface area contributed by atoms with E-state index in [2.05, 4.69) is 17.0 Å². The van der Waals surface area contributed by atoms with Gasteiger partial charge in [-0.15, -0.1) is 0 Å². The van der Waals surface area contributed by atoms with Crippen molar-refractivity contribution in [2.45, 2.75) is 38.1 Å². The lowest BCUT2D eigenvalue weighted by Gasteiger charge is -2.14. The van der Waals surface area contributed by atoms with Crippen LogP contribution in [0.2, 0.25) is 0 Å². The number of amides is 1. The molecule has 11 heavy (non-hydrogen) atoms. The van der Waals surface area contributed by atoms with Crippen molar-refractivity contribution in [3.8, 4) is 0 Å². The van der Waals surface area contributed by atoms with Gasteiger partial charge in [-0.3, -0.25) is 0 Å². The summed E-state index contributed by atoms with van der Waals surface area (Å²) in [6.07, 6.45) is 4.11. The lowest BCUT2D eigenvalue weighted by Crippen LogP contribution is -2.36. The van der Waals surface area contributed by atoms with Gasteiger partial charge in [0.15, 0.2) is 0 Å². The third-order valence-electron chi connectivity index (χ3n) is 2.13. The number of carbonyl (C=O) groups is 1. The van der Waals surface area contributed by atoms with E-state index in [1.165, 1.54) is 7.11 Å². The van der Waals surface area contributed by atoms with Crippen LogP contribution in [0.25, 0.3) is 0 Å². The molecule has 0 bridgehead atoms. The van der Waals surface area contributed by atoms with Crippen molar-refractivity contribution in [1.29, 1.82) is 0 Å². The monoisotopic (exact) mass is 157 g/mol. The summed E-state index contributed by atoms with van der Waals surface area (Å²) in [6, 6.07) is 0. The number of carbonyl (C=O) groups excluding carboxylic acids is 1. The van der Waals surface area contributed by atoms with Gasteiger partial charge in [-0.2, -0.15) is 0 Å². The van der Waals surface area contributed by atoms with Crippen molar-refractivity contribution in [1.82, 2.24) is 5.32 Å². The van der Waals surface area contributed by atoms with Gasteiger partial charge in [-0.25, -0.2) is 4.79 Å². The van der Waals surface area contributed by atoms with Gasteiger partial charge < -0.3 is 10.1 Å². The number of nitrogens with one attached hydrogen (secondary N) is 1. The summed E-state index contributed by atoms with van der Waals surface area (Å²) in [5.41, 5.74) is 0.0991. The van der Waals surface area contributed by atoms with Crippen molar-refractivity contribution >= 4 is 6.09 Å². The highest BCUT2D eigenvalue weighted by Crippen LogP contribution is 2.39. The Balaban J connectivity index is 2.29. The van der Waals surface area contributed by atoms with Gasteiger partial charge in [0.25, 0.3) is 0 Å². The number of hydrogen-bond acceptors (Lipinski definition) is 2. The number of methoxy groups -OCH3 is 1. The zero-order valence-electron chi connectivity index (χ0n) is 7.14. The maximum atomic E-state index is 10.8. The van der Waals surface area contributed by atoms with Crippen LogP contribution in [0.15, 0.2) is 0 Å². The molecule has 1 amide bonds. The summed E-state index contributed by atoms with van der Waals surface area (Å²) >= 11 is 0. The minimum atomic E-state index is -0.295. The fraction of sp³-hybridized carbons (Fsp3) is 0.875. The largest absolute Gasteiger partial charge is 0.453 e. The van der Waals surface area contributed by atoms with Gasteiger partial charge in [-0.1, -0.05) is 13.3 Å². The Morgan fingerprint density at radius 2 is 2.27 bits per heavy atom. The molecular weight excluding hydrogens is 142 g/mol. The molecular formula is C8H15NO2. The molecule has 3 nitrogen and oxygen atoms in total. The van der Waals surface area contributed by atoms with E-state index in [4.69, 9.17) is 0 Å². The molecule has 1 saturated carbocycles. The molecule has 1 N–H and O–H groups in total. The van der Waals surface area contributed by atoms with Crippen LogP contribution >= 0.6 is 0 Å². The standard InChI is InChI=1S/C8H15NO2/c1-3-4-8(5-6-8)9-7(10)11-2/h3-6H2,1-2H3,(H,9,10). The van der Waals surface area contributed by atoms with Crippen LogP contribution in [0.1, 0.15) is 32.6 Å².